The summed E-state index contributed by atoms with van der Waals surface area (Å²) in [5.41, 5.74) is 7.76. The maximum absolute atomic E-state index is 12.3. The van der Waals surface area contributed by atoms with Gasteiger partial charge in [-0.2, -0.15) is 0 Å². The Balaban J connectivity index is 2.25. The smallest absolute Gasteiger partial charge is 0.261 e. The van der Waals surface area contributed by atoms with Gasteiger partial charge in [-0.05, 0) is 41.3 Å². The number of hydrogen-bond donors (Lipinski definition) is 2. The summed E-state index contributed by atoms with van der Waals surface area (Å²) < 4.78 is 27.1. The van der Waals surface area contributed by atoms with Gasteiger partial charge in [0.15, 0.2) is 0 Å². The Morgan fingerprint density at radius 2 is 1.62 bits per heavy atom. The summed E-state index contributed by atoms with van der Waals surface area (Å²) in [6.45, 7) is 6.33. The van der Waals surface area contributed by atoms with Gasteiger partial charge in [0.2, 0.25) is 0 Å². The maximum Gasteiger partial charge on any atom is 0.261 e. The summed E-state index contributed by atoms with van der Waals surface area (Å²) in [4.78, 5) is 0.155. The van der Waals surface area contributed by atoms with E-state index in [0.29, 0.717) is 11.4 Å². The molecule has 0 saturated heterocycles. The lowest BCUT2D eigenvalue weighted by Crippen LogP contribution is -2.14. The molecule has 0 aliphatic heterocycles. The van der Waals surface area contributed by atoms with Crippen LogP contribution in [0, 0.1) is 0 Å². The Bertz CT molecular complexity index is 730. The van der Waals surface area contributed by atoms with E-state index in [9.17, 15) is 8.42 Å². The van der Waals surface area contributed by atoms with E-state index < -0.39 is 10.0 Å². The van der Waals surface area contributed by atoms with Gasteiger partial charge in [0.1, 0.15) is 0 Å². The average Bonchev–Trinajstić information content (AvgIpc) is 2.38. The summed E-state index contributed by atoms with van der Waals surface area (Å²) in [5.74, 6) is 0. The lowest BCUT2D eigenvalue weighted by molar-refractivity contribution is 0.590. The summed E-state index contributed by atoms with van der Waals surface area (Å²) in [6.07, 6.45) is 0. The molecule has 21 heavy (non-hydrogen) atoms. The first-order chi connectivity index (χ1) is 9.68. The second-order valence-electron chi connectivity index (χ2n) is 6.01. The third-order valence-electron chi connectivity index (χ3n) is 3.17. The SMILES string of the molecule is CC(C)(C)c1ccc(NS(=O)(=O)c2cccc(N)c2)cc1. The zero-order chi connectivity index (χ0) is 15.7. The summed E-state index contributed by atoms with van der Waals surface area (Å²) in [5, 5.41) is 0. The van der Waals surface area contributed by atoms with Gasteiger partial charge in [-0.15, -0.1) is 0 Å². The van der Waals surface area contributed by atoms with E-state index in [-0.39, 0.29) is 10.3 Å². The largest absolute Gasteiger partial charge is 0.399 e. The number of nitrogen functional groups attached to an aromatic ring is 1. The molecule has 2 aromatic rings. The van der Waals surface area contributed by atoms with Crippen LogP contribution in [0.3, 0.4) is 0 Å². The van der Waals surface area contributed by atoms with Gasteiger partial charge in [-0.3, -0.25) is 4.72 Å². The Morgan fingerprint density at radius 1 is 1.00 bits per heavy atom. The highest BCUT2D eigenvalue weighted by Crippen LogP contribution is 2.24. The van der Waals surface area contributed by atoms with E-state index in [0.717, 1.165) is 5.56 Å². The highest BCUT2D eigenvalue weighted by Gasteiger charge is 2.16. The highest BCUT2D eigenvalue weighted by molar-refractivity contribution is 7.92. The zero-order valence-corrected chi connectivity index (χ0v) is 13.2. The number of anilines is 2. The first-order valence-electron chi connectivity index (χ1n) is 6.67. The molecule has 0 heterocycles. The molecule has 0 amide bonds. The first-order valence-corrected chi connectivity index (χ1v) is 8.16. The molecule has 2 aromatic carbocycles. The van der Waals surface area contributed by atoms with E-state index in [1.807, 2.05) is 12.1 Å². The predicted molar refractivity (Wildman–Crippen MR) is 86.8 cm³/mol. The molecule has 0 radical (unpaired) electrons. The quantitative estimate of drug-likeness (QED) is 0.854. The van der Waals surface area contributed by atoms with E-state index in [1.54, 1.807) is 24.3 Å². The average molecular weight is 304 g/mol. The molecule has 0 fully saturated rings. The second kappa shape index (κ2) is 5.41. The minimum Gasteiger partial charge on any atom is -0.399 e. The molecule has 4 nitrogen and oxygen atoms in total. The third-order valence-corrected chi connectivity index (χ3v) is 4.55. The standard InChI is InChI=1S/C16H20N2O2S/c1-16(2,3)12-7-9-14(10-8-12)18-21(19,20)15-6-4-5-13(17)11-15/h4-11,18H,17H2,1-3H3. The number of nitrogens with two attached hydrogens (primary N) is 1. The lowest BCUT2D eigenvalue weighted by atomic mass is 9.87. The molecule has 5 heteroatoms. The van der Waals surface area contributed by atoms with Crippen LogP contribution in [-0.2, 0) is 15.4 Å². The molecule has 2 rings (SSSR count). The van der Waals surface area contributed by atoms with E-state index in [1.165, 1.54) is 12.1 Å². The molecular formula is C16H20N2O2S. The van der Waals surface area contributed by atoms with Gasteiger partial charge < -0.3 is 5.73 Å². The normalized spacial score (nSPS) is 12.1. The summed E-state index contributed by atoms with van der Waals surface area (Å²) >= 11 is 0. The fraction of sp³-hybridized carbons (Fsp3) is 0.250. The van der Waals surface area contributed by atoms with Gasteiger partial charge in [0.25, 0.3) is 10.0 Å². The van der Waals surface area contributed by atoms with Gasteiger partial charge in [-0.1, -0.05) is 39.0 Å². The molecule has 0 aromatic heterocycles. The minimum absolute atomic E-state index is 0.0330. The second-order valence-corrected chi connectivity index (χ2v) is 7.69. The van der Waals surface area contributed by atoms with Crippen molar-refractivity contribution in [3.63, 3.8) is 0 Å². The van der Waals surface area contributed by atoms with Crippen LogP contribution in [-0.4, -0.2) is 8.42 Å². The number of rotatable bonds is 3. The lowest BCUT2D eigenvalue weighted by Gasteiger charge is -2.19. The van der Waals surface area contributed by atoms with Crippen LogP contribution < -0.4 is 10.5 Å². The molecule has 0 atom stereocenters. The van der Waals surface area contributed by atoms with Crippen molar-refractivity contribution in [3.8, 4) is 0 Å². The molecule has 0 bridgehead atoms. The zero-order valence-electron chi connectivity index (χ0n) is 12.4. The minimum atomic E-state index is -3.61. The van der Waals surface area contributed by atoms with Gasteiger partial charge in [-0.25, -0.2) is 8.42 Å². The molecule has 0 aliphatic carbocycles. The number of sulfonamides is 1. The van der Waals surface area contributed by atoms with Gasteiger partial charge in [0.05, 0.1) is 4.90 Å². The van der Waals surface area contributed by atoms with Gasteiger partial charge >= 0.3 is 0 Å². The Morgan fingerprint density at radius 3 is 2.14 bits per heavy atom. The van der Waals surface area contributed by atoms with Crippen LogP contribution in [0.1, 0.15) is 26.3 Å². The van der Waals surface area contributed by atoms with Crippen molar-refractivity contribution in [1.29, 1.82) is 0 Å². The van der Waals surface area contributed by atoms with Gasteiger partial charge in [0, 0.05) is 11.4 Å². The number of hydrogen-bond acceptors (Lipinski definition) is 3. The van der Waals surface area contributed by atoms with Crippen molar-refractivity contribution >= 4 is 21.4 Å². The highest BCUT2D eigenvalue weighted by atomic mass is 32.2. The molecule has 0 aliphatic rings. The maximum atomic E-state index is 12.3. The molecule has 112 valence electrons. The van der Waals surface area contributed by atoms with Crippen LogP contribution in [0.25, 0.3) is 0 Å². The summed E-state index contributed by atoms with van der Waals surface area (Å²) in [7, 11) is -3.61. The number of benzene rings is 2. The molecule has 0 spiro atoms. The van der Waals surface area contributed by atoms with Crippen molar-refractivity contribution in [2.24, 2.45) is 0 Å². The van der Waals surface area contributed by atoms with Crippen LogP contribution in [0.4, 0.5) is 11.4 Å². The van der Waals surface area contributed by atoms with Crippen molar-refractivity contribution < 1.29 is 8.42 Å². The van der Waals surface area contributed by atoms with Crippen molar-refractivity contribution in [2.75, 3.05) is 10.5 Å². The summed E-state index contributed by atoms with van der Waals surface area (Å²) in [6, 6.07) is 13.6. The van der Waals surface area contributed by atoms with Crippen LogP contribution >= 0.6 is 0 Å². The van der Waals surface area contributed by atoms with Crippen LogP contribution in [0.2, 0.25) is 0 Å². The monoisotopic (exact) mass is 304 g/mol. The molecular weight excluding hydrogens is 284 g/mol. The van der Waals surface area contributed by atoms with E-state index in [4.69, 9.17) is 5.73 Å². The fourth-order valence-electron chi connectivity index (χ4n) is 1.93. The van der Waals surface area contributed by atoms with E-state index >= 15 is 0 Å². The first kappa shape index (κ1) is 15.4. The van der Waals surface area contributed by atoms with Crippen LogP contribution in [0.15, 0.2) is 53.4 Å². The fourth-order valence-corrected chi connectivity index (χ4v) is 3.05. The third kappa shape index (κ3) is 3.76. The Labute approximate surface area is 126 Å². The predicted octanol–water partition coefficient (Wildman–Crippen LogP) is 3.37. The Kier molecular flexibility index (Phi) is 3.96. The molecule has 0 unspecified atom stereocenters. The number of nitrogens with one attached hydrogen (secondary N) is 1. The topological polar surface area (TPSA) is 72.2 Å². The Hall–Kier alpha value is -2.01. The van der Waals surface area contributed by atoms with Crippen LogP contribution in [0.5, 0.6) is 0 Å². The van der Waals surface area contributed by atoms with Crippen molar-refractivity contribution in [1.82, 2.24) is 0 Å². The van der Waals surface area contributed by atoms with Crippen molar-refractivity contribution in [3.05, 3.63) is 54.1 Å². The molecule has 0 saturated carbocycles. The van der Waals surface area contributed by atoms with E-state index in [2.05, 4.69) is 25.5 Å². The van der Waals surface area contributed by atoms with Crippen molar-refractivity contribution in [2.45, 2.75) is 31.1 Å². The molecule has 3 N–H and O–H groups in total.